The van der Waals surface area contributed by atoms with Crippen molar-refractivity contribution in [1.29, 1.82) is 0 Å². The first-order valence-electron chi connectivity index (χ1n) is 8.79. The summed E-state index contributed by atoms with van der Waals surface area (Å²) in [5.41, 5.74) is 1.11. The number of aromatic nitrogens is 4. The Hall–Kier alpha value is -3.19. The predicted octanol–water partition coefficient (Wildman–Crippen LogP) is -2.02. The van der Waals surface area contributed by atoms with Crippen LogP contribution in [0.5, 0.6) is 0 Å². The van der Waals surface area contributed by atoms with E-state index in [-0.39, 0.29) is 24.5 Å². The van der Waals surface area contributed by atoms with E-state index in [0.29, 0.717) is 11.0 Å². The molecule has 0 aromatic heterocycles. The van der Waals surface area contributed by atoms with Crippen molar-refractivity contribution in [3.63, 3.8) is 0 Å². The third-order valence-corrected chi connectivity index (χ3v) is 4.57. The highest BCUT2D eigenvalue weighted by Gasteiger charge is 2.27. The minimum absolute atomic E-state index is 0.0516. The molecule has 0 spiro atoms. The molecule has 0 aliphatic carbocycles. The summed E-state index contributed by atoms with van der Waals surface area (Å²) in [6.45, 7) is 2.48. The Labute approximate surface area is 169 Å². The smallest absolute Gasteiger partial charge is 0.349 e. The van der Waals surface area contributed by atoms with Gasteiger partial charge in [0.05, 0.1) is 24.2 Å². The molecule has 0 saturated heterocycles. The van der Waals surface area contributed by atoms with Crippen molar-refractivity contribution >= 4 is 17.5 Å². The van der Waals surface area contributed by atoms with Crippen molar-refractivity contribution in [1.82, 2.24) is 19.5 Å². The average molecular weight is 422 g/mol. The fourth-order valence-corrected chi connectivity index (χ4v) is 2.89. The molecule has 2 aliphatic heterocycles. The molecule has 2 aliphatic rings. The van der Waals surface area contributed by atoms with Crippen LogP contribution in [0.1, 0.15) is 11.1 Å². The van der Waals surface area contributed by atoms with Crippen molar-refractivity contribution < 1.29 is 30.3 Å². The Morgan fingerprint density at radius 2 is 1.70 bits per heavy atom. The second-order valence-electron chi connectivity index (χ2n) is 6.60. The van der Waals surface area contributed by atoms with Crippen molar-refractivity contribution in [2.45, 2.75) is 38.7 Å². The Morgan fingerprint density at radius 3 is 2.30 bits per heavy atom. The van der Waals surface area contributed by atoms with Gasteiger partial charge in [0.1, 0.15) is 18.3 Å². The Kier molecular flexibility index (Phi) is 7.34. The van der Waals surface area contributed by atoms with Crippen LogP contribution in [0.3, 0.4) is 0 Å². The summed E-state index contributed by atoms with van der Waals surface area (Å²) in [5.74, 6) is -0.0516. The van der Waals surface area contributed by atoms with E-state index >= 15 is 0 Å². The molecule has 0 amide bonds. The Bertz CT molecular complexity index is 1130. The number of aromatic amines is 1. The Balaban J connectivity index is 0.00000101. The van der Waals surface area contributed by atoms with Gasteiger partial charge >= 0.3 is 5.69 Å². The number of hydrogen-bond donors (Lipinski definition) is 6. The molecule has 30 heavy (non-hydrogen) atoms. The standard InChI is InChI=1S/C17H20N4O6.CH2O2/c1-7-3-9-10(4-8(7)2)21(5-11(23)14(25)12(24)6-22)15-13(18-9)16(26)20-17(27)19-15;2-1-3/h3-4,11-12,14,22-25H,5-6H2,1-2H3,(H,20,26,27);1H,(H,2,3)/t11-,12+,14-;/m0./s1. The zero-order valence-electron chi connectivity index (χ0n) is 16.2. The van der Waals surface area contributed by atoms with Crippen LogP contribution in [0.15, 0.2) is 21.7 Å². The van der Waals surface area contributed by atoms with Crippen LogP contribution in [0.2, 0.25) is 0 Å². The highest BCUT2D eigenvalue weighted by atomic mass is 16.4. The van der Waals surface area contributed by atoms with Gasteiger partial charge in [0.15, 0.2) is 11.5 Å². The van der Waals surface area contributed by atoms with Gasteiger partial charge < -0.3 is 30.1 Å². The number of fused-ring (bicyclic) bond motifs is 2. The van der Waals surface area contributed by atoms with E-state index in [0.717, 1.165) is 11.1 Å². The van der Waals surface area contributed by atoms with Gasteiger partial charge in [-0.1, -0.05) is 0 Å². The van der Waals surface area contributed by atoms with Gasteiger partial charge in [0, 0.05) is 0 Å². The summed E-state index contributed by atoms with van der Waals surface area (Å²) in [5, 5.41) is 45.7. The Morgan fingerprint density at radius 1 is 1.10 bits per heavy atom. The number of hydrogen-bond acceptors (Lipinski definition) is 9. The largest absolute Gasteiger partial charge is 0.483 e. The number of carbonyl (C=O) groups is 1. The third-order valence-electron chi connectivity index (χ3n) is 4.57. The number of aryl methyl sites for hydroxylation is 2. The summed E-state index contributed by atoms with van der Waals surface area (Å²) in [7, 11) is 0. The molecule has 0 fully saturated rings. The predicted molar refractivity (Wildman–Crippen MR) is 104 cm³/mol. The lowest BCUT2D eigenvalue weighted by Gasteiger charge is -2.25. The van der Waals surface area contributed by atoms with Crippen LogP contribution in [0, 0.1) is 13.8 Å². The first kappa shape index (κ1) is 23.1. The molecule has 12 nitrogen and oxygen atoms in total. The number of H-pyrrole nitrogens is 1. The van der Waals surface area contributed by atoms with Crippen LogP contribution in [0.25, 0.3) is 22.6 Å². The molecule has 6 N–H and O–H groups in total. The van der Waals surface area contributed by atoms with Gasteiger partial charge in [-0.15, -0.1) is 0 Å². The minimum atomic E-state index is -1.64. The summed E-state index contributed by atoms with van der Waals surface area (Å²) in [4.78, 5) is 42.4. The SMILES string of the molecule is Cc1cc2nc3c(=O)[nH]c(=O)nc-3n(C[C@H](O)[C@H](O)[C@H](O)CO)c2cc1C.O=CO. The number of rotatable bonds is 5. The van der Waals surface area contributed by atoms with Gasteiger partial charge in [-0.25, -0.2) is 9.78 Å². The van der Waals surface area contributed by atoms with Crippen molar-refractivity contribution in [2.24, 2.45) is 0 Å². The summed E-state index contributed by atoms with van der Waals surface area (Å²) >= 11 is 0. The maximum Gasteiger partial charge on any atom is 0.349 e. The lowest BCUT2D eigenvalue weighted by atomic mass is 10.1. The summed E-state index contributed by atoms with van der Waals surface area (Å²) in [6, 6.07) is 3.53. The molecule has 3 rings (SSSR count). The maximum atomic E-state index is 12.2. The van der Waals surface area contributed by atoms with E-state index in [2.05, 4.69) is 15.0 Å². The highest BCUT2D eigenvalue weighted by molar-refractivity contribution is 5.81. The molecule has 0 radical (unpaired) electrons. The van der Waals surface area contributed by atoms with Gasteiger partial charge in [-0.05, 0) is 37.1 Å². The average Bonchev–Trinajstić information content (AvgIpc) is 2.69. The molecule has 3 atom stereocenters. The number of aliphatic hydroxyl groups is 4. The zero-order chi connectivity index (χ0) is 22.6. The molecule has 0 bridgehead atoms. The second kappa shape index (κ2) is 9.54. The number of nitrogens with zero attached hydrogens (tertiary/aromatic N) is 3. The molecule has 12 heteroatoms. The topological polar surface area (TPSA) is 199 Å². The van der Waals surface area contributed by atoms with E-state index in [1.807, 2.05) is 13.8 Å². The van der Waals surface area contributed by atoms with Crippen molar-refractivity contribution in [3.05, 3.63) is 44.1 Å². The monoisotopic (exact) mass is 422 g/mol. The molecule has 162 valence electrons. The quantitative estimate of drug-likeness (QED) is 0.197. The van der Waals surface area contributed by atoms with Crippen LogP contribution in [-0.2, 0) is 11.3 Å². The molecule has 0 unspecified atom stereocenters. The van der Waals surface area contributed by atoms with Crippen LogP contribution < -0.4 is 11.2 Å². The van der Waals surface area contributed by atoms with Crippen molar-refractivity contribution in [2.75, 3.05) is 6.61 Å². The van der Waals surface area contributed by atoms with Gasteiger partial charge in [-0.3, -0.25) is 14.6 Å². The normalized spacial score (nSPS) is 14.1. The van der Waals surface area contributed by atoms with Crippen LogP contribution >= 0.6 is 0 Å². The number of carboxylic acid groups (broad SMARTS) is 1. The molecule has 1 aromatic carbocycles. The van der Waals surface area contributed by atoms with E-state index in [1.54, 1.807) is 12.1 Å². The molecular weight excluding hydrogens is 400 g/mol. The van der Waals surface area contributed by atoms with E-state index in [9.17, 15) is 24.9 Å². The second-order valence-corrected chi connectivity index (χ2v) is 6.60. The van der Waals surface area contributed by atoms with Crippen LogP contribution in [-0.4, -0.2) is 76.4 Å². The maximum absolute atomic E-state index is 12.2. The first-order valence-corrected chi connectivity index (χ1v) is 8.79. The summed E-state index contributed by atoms with van der Waals surface area (Å²) in [6.07, 6.45) is -4.68. The number of benzene rings is 1. The van der Waals surface area contributed by atoms with Crippen LogP contribution in [0.4, 0.5) is 0 Å². The van der Waals surface area contributed by atoms with Gasteiger partial charge in [-0.2, -0.15) is 4.98 Å². The molecule has 0 saturated carbocycles. The highest BCUT2D eigenvalue weighted by Crippen LogP contribution is 2.24. The number of aliphatic hydroxyl groups excluding tert-OH is 4. The molecule has 2 heterocycles. The lowest BCUT2D eigenvalue weighted by Crippen LogP contribution is -2.42. The number of nitrogens with one attached hydrogen (secondary N) is 1. The first-order chi connectivity index (χ1) is 14.1. The fourth-order valence-electron chi connectivity index (χ4n) is 2.89. The minimum Gasteiger partial charge on any atom is -0.483 e. The fraction of sp³-hybridized carbons (Fsp3) is 0.389. The molecular formula is C18H22N4O8. The zero-order valence-corrected chi connectivity index (χ0v) is 16.2. The third kappa shape index (κ3) is 4.68. The molecule has 1 aromatic rings. The summed E-state index contributed by atoms with van der Waals surface area (Å²) < 4.78 is 1.40. The van der Waals surface area contributed by atoms with Gasteiger partial charge in [0.25, 0.3) is 12.0 Å². The van der Waals surface area contributed by atoms with Gasteiger partial charge in [0.2, 0.25) is 0 Å². The van der Waals surface area contributed by atoms with Crippen molar-refractivity contribution in [3.8, 4) is 11.5 Å². The van der Waals surface area contributed by atoms with E-state index in [1.165, 1.54) is 4.57 Å². The van der Waals surface area contributed by atoms with E-state index in [4.69, 9.17) is 15.0 Å². The lowest BCUT2D eigenvalue weighted by molar-refractivity contribution is -0.122. The van der Waals surface area contributed by atoms with E-state index < -0.39 is 36.2 Å².